The molecule has 2 rings (SSSR count). The van der Waals surface area contributed by atoms with Crippen molar-refractivity contribution in [2.75, 3.05) is 33.1 Å². The molecule has 0 fully saturated rings. The van der Waals surface area contributed by atoms with Crippen LogP contribution in [0.4, 0.5) is 5.69 Å². The summed E-state index contributed by atoms with van der Waals surface area (Å²) >= 11 is 6.16. The Balaban J connectivity index is 1.99. The van der Waals surface area contributed by atoms with Crippen molar-refractivity contribution in [1.29, 1.82) is 0 Å². The zero-order valence-corrected chi connectivity index (χ0v) is 14.8. The van der Waals surface area contributed by atoms with Crippen LogP contribution in [0, 0.1) is 0 Å². The summed E-state index contributed by atoms with van der Waals surface area (Å²) in [5.41, 5.74) is 1.61. The maximum Gasteiger partial charge on any atom is 0.279 e. The second kappa shape index (κ2) is 8.57. The summed E-state index contributed by atoms with van der Waals surface area (Å²) < 4.78 is 10.5. The number of methoxy groups -OCH3 is 2. The van der Waals surface area contributed by atoms with Gasteiger partial charge in [-0.05, 0) is 18.2 Å². The number of hydrogen-bond donors (Lipinski definition) is 2. The minimum atomic E-state index is -0.105. The zero-order valence-electron chi connectivity index (χ0n) is 14.1. The van der Waals surface area contributed by atoms with Gasteiger partial charge in [-0.2, -0.15) is 0 Å². The van der Waals surface area contributed by atoms with E-state index < -0.39 is 0 Å². The first-order valence-electron chi connectivity index (χ1n) is 7.60. The van der Waals surface area contributed by atoms with Crippen LogP contribution in [0.1, 0.15) is 5.56 Å². The molecule has 0 saturated carbocycles. The van der Waals surface area contributed by atoms with Gasteiger partial charge in [0.05, 0.1) is 27.0 Å². The molecule has 128 valence electrons. The Morgan fingerprint density at radius 2 is 1.92 bits per heavy atom. The van der Waals surface area contributed by atoms with Crippen LogP contribution >= 0.6 is 11.6 Å². The van der Waals surface area contributed by atoms with Gasteiger partial charge in [-0.25, -0.2) is 0 Å². The predicted octanol–water partition coefficient (Wildman–Crippen LogP) is 2.01. The van der Waals surface area contributed by atoms with E-state index in [9.17, 15) is 4.79 Å². The zero-order chi connectivity index (χ0) is 17.5. The van der Waals surface area contributed by atoms with Crippen LogP contribution in [0.2, 0.25) is 5.02 Å². The summed E-state index contributed by atoms with van der Waals surface area (Å²) in [6.45, 7) is 0.980. The highest BCUT2D eigenvalue weighted by Crippen LogP contribution is 2.28. The Hall–Kier alpha value is -2.24. The maximum atomic E-state index is 12.3. The normalized spacial score (nSPS) is 11.7. The lowest BCUT2D eigenvalue weighted by molar-refractivity contribution is -0.885. The second-order valence-corrected chi connectivity index (χ2v) is 5.92. The second-order valence-electron chi connectivity index (χ2n) is 5.52. The number of quaternary nitrogens is 1. The third-order valence-electron chi connectivity index (χ3n) is 3.59. The van der Waals surface area contributed by atoms with E-state index in [1.165, 1.54) is 0 Å². The fourth-order valence-electron chi connectivity index (χ4n) is 2.41. The lowest BCUT2D eigenvalue weighted by atomic mass is 10.2. The lowest BCUT2D eigenvalue weighted by Crippen LogP contribution is -3.08. The van der Waals surface area contributed by atoms with Crippen molar-refractivity contribution in [2.24, 2.45) is 0 Å². The van der Waals surface area contributed by atoms with Crippen molar-refractivity contribution >= 4 is 23.2 Å². The third-order valence-corrected chi connectivity index (χ3v) is 3.96. The molecule has 0 aliphatic carbocycles. The molecule has 6 heteroatoms. The molecule has 1 unspecified atom stereocenters. The van der Waals surface area contributed by atoms with Gasteiger partial charge in [0.1, 0.15) is 18.0 Å². The van der Waals surface area contributed by atoms with Crippen molar-refractivity contribution in [2.45, 2.75) is 6.54 Å². The SMILES string of the molecule is COc1ccc(OC)c(NC(=O)C[NH+](C)Cc2ccccc2Cl)c1. The molecule has 1 amide bonds. The number of benzene rings is 2. The highest BCUT2D eigenvalue weighted by atomic mass is 35.5. The van der Waals surface area contributed by atoms with E-state index in [0.29, 0.717) is 35.3 Å². The number of anilines is 1. The van der Waals surface area contributed by atoms with E-state index in [0.717, 1.165) is 10.5 Å². The Labute approximate surface area is 147 Å². The number of halogens is 1. The molecule has 1 atom stereocenters. The summed E-state index contributed by atoms with van der Waals surface area (Å²) in [6.07, 6.45) is 0. The number of likely N-dealkylation sites (N-methyl/N-ethyl adjacent to an activating group) is 1. The van der Waals surface area contributed by atoms with Gasteiger partial charge in [-0.15, -0.1) is 0 Å². The molecule has 0 bridgehead atoms. The standard InChI is InChI=1S/C18H21ClN2O3/c1-21(11-13-6-4-5-7-15(13)19)12-18(22)20-16-10-14(23-2)8-9-17(16)24-3/h4-10H,11-12H2,1-3H3,(H,20,22)/p+1. The first-order chi connectivity index (χ1) is 11.5. The monoisotopic (exact) mass is 349 g/mol. The Kier molecular flexibility index (Phi) is 6.46. The Bertz CT molecular complexity index is 706. The van der Waals surface area contributed by atoms with Crippen LogP contribution in [-0.2, 0) is 11.3 Å². The predicted molar refractivity (Wildman–Crippen MR) is 95.1 cm³/mol. The van der Waals surface area contributed by atoms with Gasteiger partial charge in [0.2, 0.25) is 0 Å². The summed E-state index contributed by atoms with van der Waals surface area (Å²) in [7, 11) is 5.09. The van der Waals surface area contributed by atoms with Crippen LogP contribution in [-0.4, -0.2) is 33.7 Å². The van der Waals surface area contributed by atoms with Crippen LogP contribution in [0.3, 0.4) is 0 Å². The van der Waals surface area contributed by atoms with Crippen molar-refractivity contribution < 1.29 is 19.2 Å². The molecule has 0 saturated heterocycles. The van der Waals surface area contributed by atoms with Crippen molar-refractivity contribution in [3.05, 3.63) is 53.1 Å². The van der Waals surface area contributed by atoms with E-state index in [4.69, 9.17) is 21.1 Å². The quantitative estimate of drug-likeness (QED) is 0.804. The summed E-state index contributed by atoms with van der Waals surface area (Å²) in [4.78, 5) is 13.3. The van der Waals surface area contributed by atoms with Crippen LogP contribution in [0.25, 0.3) is 0 Å². The molecule has 0 radical (unpaired) electrons. The van der Waals surface area contributed by atoms with Gasteiger partial charge in [0, 0.05) is 16.7 Å². The summed E-state index contributed by atoms with van der Waals surface area (Å²) in [6, 6.07) is 12.9. The van der Waals surface area contributed by atoms with Crippen LogP contribution in [0.15, 0.2) is 42.5 Å². The molecule has 2 aromatic rings. The number of nitrogens with one attached hydrogen (secondary N) is 2. The Morgan fingerprint density at radius 3 is 2.58 bits per heavy atom. The molecule has 0 aliphatic heterocycles. The van der Waals surface area contributed by atoms with Crippen LogP contribution in [0.5, 0.6) is 11.5 Å². The van der Waals surface area contributed by atoms with E-state index in [1.54, 1.807) is 32.4 Å². The van der Waals surface area contributed by atoms with E-state index in [1.807, 2.05) is 31.3 Å². The van der Waals surface area contributed by atoms with Gasteiger partial charge < -0.3 is 19.7 Å². The number of rotatable bonds is 7. The van der Waals surface area contributed by atoms with E-state index >= 15 is 0 Å². The first kappa shape index (κ1) is 18.1. The number of hydrogen-bond acceptors (Lipinski definition) is 3. The number of amides is 1. The van der Waals surface area contributed by atoms with Crippen molar-refractivity contribution in [3.8, 4) is 11.5 Å². The van der Waals surface area contributed by atoms with Gasteiger partial charge in [-0.3, -0.25) is 4.79 Å². The number of carbonyl (C=O) groups excluding carboxylic acids is 1. The van der Waals surface area contributed by atoms with Gasteiger partial charge in [0.25, 0.3) is 5.91 Å². The molecule has 0 aromatic heterocycles. The highest BCUT2D eigenvalue weighted by molar-refractivity contribution is 6.31. The minimum absolute atomic E-state index is 0.105. The fourth-order valence-corrected chi connectivity index (χ4v) is 2.61. The molecule has 2 aromatic carbocycles. The van der Waals surface area contributed by atoms with Crippen molar-refractivity contribution in [1.82, 2.24) is 0 Å². The topological polar surface area (TPSA) is 52.0 Å². The van der Waals surface area contributed by atoms with Gasteiger partial charge >= 0.3 is 0 Å². The molecule has 2 N–H and O–H groups in total. The van der Waals surface area contributed by atoms with Gasteiger partial charge in [0.15, 0.2) is 6.54 Å². The largest absolute Gasteiger partial charge is 0.497 e. The summed E-state index contributed by atoms with van der Waals surface area (Å²) in [5.74, 6) is 1.14. The fraction of sp³-hybridized carbons (Fsp3) is 0.278. The molecule has 0 heterocycles. The van der Waals surface area contributed by atoms with Crippen molar-refractivity contribution in [3.63, 3.8) is 0 Å². The van der Waals surface area contributed by atoms with Gasteiger partial charge in [-0.1, -0.05) is 29.8 Å². The highest BCUT2D eigenvalue weighted by Gasteiger charge is 2.14. The molecule has 24 heavy (non-hydrogen) atoms. The minimum Gasteiger partial charge on any atom is -0.497 e. The number of carbonyl (C=O) groups is 1. The lowest BCUT2D eigenvalue weighted by Gasteiger charge is -2.16. The summed E-state index contributed by atoms with van der Waals surface area (Å²) in [5, 5.41) is 3.58. The smallest absolute Gasteiger partial charge is 0.279 e. The molecular formula is C18H22ClN2O3+. The molecule has 0 spiro atoms. The molecule has 0 aliphatic rings. The molecule has 5 nitrogen and oxygen atoms in total. The first-order valence-corrected chi connectivity index (χ1v) is 7.98. The van der Waals surface area contributed by atoms with E-state index in [-0.39, 0.29) is 5.91 Å². The van der Waals surface area contributed by atoms with Crippen LogP contribution < -0.4 is 19.7 Å². The average molecular weight is 350 g/mol. The average Bonchev–Trinajstić information content (AvgIpc) is 2.56. The third kappa shape index (κ3) is 4.88. The molecular weight excluding hydrogens is 328 g/mol. The maximum absolute atomic E-state index is 12.3. The number of ether oxygens (including phenoxy) is 2. The van der Waals surface area contributed by atoms with E-state index in [2.05, 4.69) is 5.32 Å². The Morgan fingerprint density at radius 1 is 1.17 bits per heavy atom.